The lowest BCUT2D eigenvalue weighted by Gasteiger charge is -2.18. The van der Waals surface area contributed by atoms with Gasteiger partial charge in [0.05, 0.1) is 5.56 Å². The second-order valence-electron chi connectivity index (χ2n) is 3.83. The van der Waals surface area contributed by atoms with Crippen LogP contribution in [0.1, 0.15) is 22.9 Å². The van der Waals surface area contributed by atoms with Crippen LogP contribution < -0.4 is 5.32 Å². The van der Waals surface area contributed by atoms with Crippen LogP contribution in [0.5, 0.6) is 0 Å². The molecule has 1 aromatic heterocycles. The van der Waals surface area contributed by atoms with E-state index in [4.69, 9.17) is 5.26 Å². The van der Waals surface area contributed by atoms with Crippen LogP contribution in [0.3, 0.4) is 0 Å². The van der Waals surface area contributed by atoms with E-state index in [-0.39, 0.29) is 10.6 Å². The maximum atomic E-state index is 12.8. The minimum Gasteiger partial charge on any atom is -0.311 e. The number of nitriles is 1. The summed E-state index contributed by atoms with van der Waals surface area (Å²) in [5, 5.41) is 10.1. The fraction of sp³-hybridized carbons (Fsp3) is 0.455. The van der Waals surface area contributed by atoms with Crippen LogP contribution in [0.2, 0.25) is 0 Å². The van der Waals surface area contributed by atoms with E-state index in [9.17, 15) is 26.7 Å². The van der Waals surface area contributed by atoms with Gasteiger partial charge in [0.15, 0.2) is 0 Å². The second kappa shape index (κ2) is 5.36. The van der Waals surface area contributed by atoms with Crippen LogP contribution in [0.25, 0.3) is 0 Å². The van der Waals surface area contributed by atoms with Crippen molar-refractivity contribution in [1.82, 2.24) is 0 Å². The number of aryl methyl sites for hydroxylation is 1. The molecular formula is C11H9F5N2OS. The summed E-state index contributed by atoms with van der Waals surface area (Å²) in [6.45, 7) is 3.29. The molecule has 0 radical (unpaired) electrons. The molecule has 1 heterocycles. The van der Waals surface area contributed by atoms with E-state index in [1.807, 2.05) is 0 Å². The number of thiophene rings is 1. The number of anilines is 1. The average Bonchev–Trinajstić information content (AvgIpc) is 2.62. The van der Waals surface area contributed by atoms with Crippen molar-refractivity contribution < 1.29 is 26.7 Å². The van der Waals surface area contributed by atoms with E-state index in [0.29, 0.717) is 16.9 Å². The molecule has 0 spiro atoms. The van der Waals surface area contributed by atoms with Crippen LogP contribution in [0.15, 0.2) is 0 Å². The average molecular weight is 312 g/mol. The summed E-state index contributed by atoms with van der Waals surface area (Å²) < 4.78 is 61.8. The molecule has 0 fully saturated rings. The Morgan fingerprint density at radius 1 is 1.35 bits per heavy atom. The quantitative estimate of drug-likeness (QED) is 0.867. The van der Waals surface area contributed by atoms with Crippen molar-refractivity contribution in [3.05, 3.63) is 16.0 Å². The SMILES string of the molecule is CCc1c(C)sc(NC(=O)C(F)(F)C(F)(F)F)c1C#N. The molecule has 0 atom stereocenters. The maximum Gasteiger partial charge on any atom is 0.463 e. The highest BCUT2D eigenvalue weighted by atomic mass is 32.1. The van der Waals surface area contributed by atoms with E-state index >= 15 is 0 Å². The maximum absolute atomic E-state index is 12.8. The molecule has 9 heteroatoms. The molecule has 20 heavy (non-hydrogen) atoms. The second-order valence-corrected chi connectivity index (χ2v) is 5.06. The van der Waals surface area contributed by atoms with Crippen molar-refractivity contribution in [2.45, 2.75) is 32.4 Å². The molecular weight excluding hydrogens is 303 g/mol. The van der Waals surface area contributed by atoms with Gasteiger partial charge in [-0.25, -0.2) is 0 Å². The van der Waals surface area contributed by atoms with Gasteiger partial charge in [0.1, 0.15) is 11.1 Å². The molecule has 1 rings (SSSR count). The lowest BCUT2D eigenvalue weighted by atomic mass is 10.1. The number of rotatable bonds is 3. The highest BCUT2D eigenvalue weighted by Gasteiger charge is 2.63. The van der Waals surface area contributed by atoms with Gasteiger partial charge in [-0.3, -0.25) is 4.79 Å². The van der Waals surface area contributed by atoms with Crippen molar-refractivity contribution in [1.29, 1.82) is 5.26 Å². The number of hydrogen-bond donors (Lipinski definition) is 1. The summed E-state index contributed by atoms with van der Waals surface area (Å²) in [6.07, 6.45) is -5.58. The minimum atomic E-state index is -5.98. The first kappa shape index (κ1) is 16.4. The molecule has 0 saturated heterocycles. The lowest BCUT2D eigenvalue weighted by Crippen LogP contribution is -2.47. The number of nitrogens with one attached hydrogen (secondary N) is 1. The summed E-state index contributed by atoms with van der Waals surface area (Å²) in [5.74, 6) is -8.00. The predicted molar refractivity (Wildman–Crippen MR) is 62.8 cm³/mol. The van der Waals surface area contributed by atoms with Crippen molar-refractivity contribution in [3.63, 3.8) is 0 Å². The number of nitrogens with zero attached hydrogens (tertiary/aromatic N) is 1. The Morgan fingerprint density at radius 2 is 1.90 bits per heavy atom. The molecule has 3 nitrogen and oxygen atoms in total. The Hall–Kier alpha value is -1.69. The topological polar surface area (TPSA) is 52.9 Å². The molecule has 0 bridgehead atoms. The molecule has 0 aromatic carbocycles. The molecule has 0 saturated carbocycles. The Balaban J connectivity index is 3.13. The van der Waals surface area contributed by atoms with Gasteiger partial charge in [-0.15, -0.1) is 11.3 Å². The lowest BCUT2D eigenvalue weighted by molar-refractivity contribution is -0.267. The number of alkyl halides is 5. The predicted octanol–water partition coefficient (Wildman–Crippen LogP) is 3.63. The third-order valence-electron chi connectivity index (χ3n) is 2.54. The van der Waals surface area contributed by atoms with Gasteiger partial charge < -0.3 is 5.32 Å². The van der Waals surface area contributed by atoms with Gasteiger partial charge >= 0.3 is 18.0 Å². The molecule has 1 N–H and O–H groups in total. The van der Waals surface area contributed by atoms with Gasteiger partial charge in [0.2, 0.25) is 0 Å². The molecule has 1 amide bonds. The summed E-state index contributed by atoms with van der Waals surface area (Å²) in [5.41, 5.74) is 0.435. The number of halogens is 5. The van der Waals surface area contributed by atoms with Crippen LogP contribution in [-0.4, -0.2) is 18.0 Å². The summed E-state index contributed by atoms with van der Waals surface area (Å²) in [6, 6.07) is 1.70. The Bertz CT molecular complexity index is 571. The fourth-order valence-corrected chi connectivity index (χ4v) is 2.61. The van der Waals surface area contributed by atoms with Crippen molar-refractivity contribution >= 4 is 22.2 Å². The van der Waals surface area contributed by atoms with Crippen LogP contribution >= 0.6 is 11.3 Å². The Kier molecular flexibility index (Phi) is 4.39. The normalized spacial score (nSPS) is 12.1. The molecule has 1 aromatic rings. The van der Waals surface area contributed by atoms with Gasteiger partial charge in [-0.1, -0.05) is 6.92 Å². The third kappa shape index (κ3) is 2.75. The molecule has 0 aliphatic carbocycles. The van der Waals surface area contributed by atoms with Crippen molar-refractivity contribution in [2.24, 2.45) is 0 Å². The first-order valence-corrected chi connectivity index (χ1v) is 6.16. The summed E-state index contributed by atoms with van der Waals surface area (Å²) in [4.78, 5) is 11.7. The number of hydrogen-bond acceptors (Lipinski definition) is 3. The molecule has 0 aliphatic rings. The highest BCUT2D eigenvalue weighted by Crippen LogP contribution is 2.38. The number of amides is 1. The number of carbonyl (C=O) groups is 1. The number of carbonyl (C=O) groups excluding carboxylic acids is 1. The third-order valence-corrected chi connectivity index (χ3v) is 3.61. The zero-order valence-corrected chi connectivity index (χ0v) is 11.2. The smallest absolute Gasteiger partial charge is 0.311 e. The monoisotopic (exact) mass is 312 g/mol. The van der Waals surface area contributed by atoms with E-state index in [2.05, 4.69) is 0 Å². The fourth-order valence-electron chi connectivity index (χ4n) is 1.52. The molecule has 110 valence electrons. The zero-order chi connectivity index (χ0) is 15.7. The Labute approximate surface area is 115 Å². The van der Waals surface area contributed by atoms with Crippen molar-refractivity contribution in [3.8, 4) is 6.07 Å². The summed E-state index contributed by atoms with van der Waals surface area (Å²) in [7, 11) is 0. The standard InChI is InChI=1S/C11H9F5N2OS/c1-3-6-5(2)20-8(7(6)4-17)18-9(19)10(12,13)11(14,15)16/h3H2,1-2H3,(H,18,19). The highest BCUT2D eigenvalue weighted by molar-refractivity contribution is 7.16. The first-order valence-electron chi connectivity index (χ1n) is 5.34. The minimum absolute atomic E-state index is 0.0821. The van der Waals surface area contributed by atoms with Gasteiger partial charge in [0, 0.05) is 4.88 Å². The van der Waals surface area contributed by atoms with Crippen LogP contribution in [-0.2, 0) is 11.2 Å². The molecule has 0 aliphatic heterocycles. The van der Waals surface area contributed by atoms with E-state index < -0.39 is 18.0 Å². The van der Waals surface area contributed by atoms with Crippen LogP contribution in [0, 0.1) is 18.3 Å². The van der Waals surface area contributed by atoms with Crippen molar-refractivity contribution in [2.75, 3.05) is 5.32 Å². The zero-order valence-electron chi connectivity index (χ0n) is 10.4. The largest absolute Gasteiger partial charge is 0.463 e. The first-order chi connectivity index (χ1) is 9.06. The van der Waals surface area contributed by atoms with E-state index in [0.717, 1.165) is 11.3 Å². The summed E-state index contributed by atoms with van der Waals surface area (Å²) >= 11 is 0.790. The van der Waals surface area contributed by atoms with Gasteiger partial charge in [-0.05, 0) is 18.9 Å². The molecule has 0 unspecified atom stereocenters. The van der Waals surface area contributed by atoms with Gasteiger partial charge in [0.25, 0.3) is 0 Å². The van der Waals surface area contributed by atoms with E-state index in [1.165, 1.54) is 5.32 Å². The van der Waals surface area contributed by atoms with Crippen LogP contribution in [0.4, 0.5) is 27.0 Å². The Morgan fingerprint density at radius 3 is 2.30 bits per heavy atom. The van der Waals surface area contributed by atoms with Gasteiger partial charge in [-0.2, -0.15) is 27.2 Å². The van der Waals surface area contributed by atoms with E-state index in [1.54, 1.807) is 19.9 Å².